The van der Waals surface area contributed by atoms with Crippen LogP contribution in [0.3, 0.4) is 0 Å². The zero-order chi connectivity index (χ0) is 20.1. The Balaban J connectivity index is 1.45. The smallest absolute Gasteiger partial charge is 0.246 e. The molecule has 2 N–H and O–H groups in total. The van der Waals surface area contributed by atoms with E-state index < -0.39 is 12.1 Å². The molecule has 3 atom stereocenters. The molecule has 0 aliphatic carbocycles. The molecule has 0 bridgehead atoms. The van der Waals surface area contributed by atoms with Gasteiger partial charge in [-0.15, -0.1) is 0 Å². The second-order valence-corrected chi connectivity index (χ2v) is 7.90. The summed E-state index contributed by atoms with van der Waals surface area (Å²) >= 11 is 0. The quantitative estimate of drug-likeness (QED) is 0.723. The number of aromatic amines is 1. The lowest BCUT2D eigenvalue weighted by molar-refractivity contribution is -0.160. The van der Waals surface area contributed by atoms with Gasteiger partial charge < -0.3 is 19.9 Å². The molecule has 2 amide bonds. The van der Waals surface area contributed by atoms with Crippen molar-refractivity contribution in [1.29, 1.82) is 0 Å². The molecular weight excluding hydrogens is 366 g/mol. The van der Waals surface area contributed by atoms with Crippen molar-refractivity contribution < 1.29 is 14.7 Å². The molecule has 2 aromatic carbocycles. The predicted molar refractivity (Wildman–Crippen MR) is 109 cm³/mol. The van der Waals surface area contributed by atoms with Crippen molar-refractivity contribution >= 4 is 22.7 Å². The van der Waals surface area contributed by atoms with E-state index in [0.717, 1.165) is 27.7 Å². The molecular formula is C23H23N3O3. The summed E-state index contributed by atoms with van der Waals surface area (Å²) in [6, 6.07) is 16.6. The van der Waals surface area contributed by atoms with Crippen LogP contribution in [0.4, 0.5) is 0 Å². The number of nitrogens with zero attached hydrogens (tertiary/aromatic N) is 2. The number of nitrogens with one attached hydrogen (secondary N) is 1. The van der Waals surface area contributed by atoms with E-state index in [0.29, 0.717) is 6.42 Å². The van der Waals surface area contributed by atoms with Crippen molar-refractivity contribution in [3.05, 3.63) is 71.4 Å². The van der Waals surface area contributed by atoms with Gasteiger partial charge in [0.05, 0.1) is 25.2 Å². The summed E-state index contributed by atoms with van der Waals surface area (Å²) in [4.78, 5) is 32.9. The summed E-state index contributed by atoms with van der Waals surface area (Å²) < 4.78 is 0. The number of aliphatic hydroxyl groups excluding tert-OH is 1. The number of carbonyl (C=O) groups is 2. The molecule has 3 aromatic rings. The van der Waals surface area contributed by atoms with Gasteiger partial charge in [-0.2, -0.15) is 0 Å². The van der Waals surface area contributed by atoms with Crippen LogP contribution in [0.25, 0.3) is 10.9 Å². The number of carbonyl (C=O) groups excluding carboxylic acids is 2. The third kappa shape index (κ3) is 2.83. The zero-order valence-corrected chi connectivity index (χ0v) is 16.2. The van der Waals surface area contributed by atoms with E-state index in [2.05, 4.69) is 11.1 Å². The Bertz CT molecular complexity index is 1090. The van der Waals surface area contributed by atoms with Crippen LogP contribution < -0.4 is 0 Å². The first kappa shape index (κ1) is 17.9. The molecule has 0 saturated carbocycles. The Kier molecular flexibility index (Phi) is 4.17. The lowest BCUT2D eigenvalue weighted by Crippen LogP contribution is -2.62. The highest BCUT2D eigenvalue weighted by atomic mass is 16.3. The van der Waals surface area contributed by atoms with E-state index in [1.807, 2.05) is 55.5 Å². The first-order chi connectivity index (χ1) is 14.0. The third-order valence-corrected chi connectivity index (χ3v) is 6.20. The molecule has 6 nitrogen and oxygen atoms in total. The number of amides is 2. The van der Waals surface area contributed by atoms with Gasteiger partial charge in [-0.1, -0.05) is 48.5 Å². The highest BCUT2D eigenvalue weighted by Gasteiger charge is 2.46. The summed E-state index contributed by atoms with van der Waals surface area (Å²) in [6.45, 7) is 2.09. The average molecular weight is 389 g/mol. The van der Waals surface area contributed by atoms with Crippen LogP contribution in [-0.4, -0.2) is 50.8 Å². The van der Waals surface area contributed by atoms with Crippen molar-refractivity contribution in [3.8, 4) is 0 Å². The van der Waals surface area contributed by atoms with Crippen molar-refractivity contribution in [2.45, 2.75) is 31.5 Å². The second-order valence-electron chi connectivity index (χ2n) is 7.90. The van der Waals surface area contributed by atoms with E-state index in [1.165, 1.54) is 4.90 Å². The van der Waals surface area contributed by atoms with Crippen LogP contribution in [0.2, 0.25) is 0 Å². The number of hydrogen-bond acceptors (Lipinski definition) is 3. The molecule has 0 unspecified atom stereocenters. The number of para-hydroxylation sites is 1. The van der Waals surface area contributed by atoms with E-state index >= 15 is 0 Å². The van der Waals surface area contributed by atoms with Crippen molar-refractivity contribution in [2.75, 3.05) is 13.1 Å². The lowest BCUT2D eigenvalue weighted by atomic mass is 9.89. The van der Waals surface area contributed by atoms with Gasteiger partial charge >= 0.3 is 0 Å². The number of rotatable bonds is 3. The van der Waals surface area contributed by atoms with E-state index in [-0.39, 0.29) is 30.9 Å². The summed E-state index contributed by atoms with van der Waals surface area (Å²) in [5.74, 6) is -0.172. The van der Waals surface area contributed by atoms with Crippen molar-refractivity contribution in [3.63, 3.8) is 0 Å². The van der Waals surface area contributed by atoms with Gasteiger partial charge in [0.15, 0.2) is 0 Å². The number of H-pyrrole nitrogens is 1. The van der Waals surface area contributed by atoms with Crippen LogP contribution >= 0.6 is 0 Å². The fraction of sp³-hybridized carbons (Fsp3) is 0.304. The fourth-order valence-corrected chi connectivity index (χ4v) is 4.77. The number of aromatic nitrogens is 1. The molecule has 3 heterocycles. The normalized spacial score (nSPS) is 22.6. The Hall–Kier alpha value is -3.12. The standard InChI is InChI=1S/C23H23N3O3/c1-14-22-17(16-9-5-6-10-18(16)24-22)11-19-23(29)25(13-21(28)26(14)19)12-20(27)15-7-3-2-4-8-15/h2-10,14,19-20,24,27H,11-13H2,1H3/t14-,19+,20+/m1/s1. The Morgan fingerprint density at radius 1 is 1.10 bits per heavy atom. The molecule has 0 spiro atoms. The first-order valence-electron chi connectivity index (χ1n) is 9.97. The number of hydrogen-bond donors (Lipinski definition) is 2. The molecule has 6 heteroatoms. The molecule has 148 valence electrons. The topological polar surface area (TPSA) is 76.6 Å². The maximum Gasteiger partial charge on any atom is 0.246 e. The zero-order valence-electron chi connectivity index (χ0n) is 16.2. The summed E-state index contributed by atoms with van der Waals surface area (Å²) in [7, 11) is 0. The van der Waals surface area contributed by atoms with Gasteiger partial charge in [0.1, 0.15) is 6.04 Å². The molecule has 2 aliphatic heterocycles. The van der Waals surface area contributed by atoms with E-state index in [1.54, 1.807) is 4.90 Å². The lowest BCUT2D eigenvalue weighted by Gasteiger charge is -2.46. The summed E-state index contributed by atoms with van der Waals surface area (Å²) in [5.41, 5.74) is 3.90. The second kappa shape index (κ2) is 6.74. The Labute approximate surface area is 168 Å². The van der Waals surface area contributed by atoms with Gasteiger partial charge in [-0.25, -0.2) is 0 Å². The maximum absolute atomic E-state index is 13.3. The van der Waals surface area contributed by atoms with Crippen LogP contribution in [0.5, 0.6) is 0 Å². The number of aliphatic hydroxyl groups is 1. The molecule has 1 aromatic heterocycles. The molecule has 2 aliphatic rings. The predicted octanol–water partition coefficient (Wildman–Crippen LogP) is 2.56. The Morgan fingerprint density at radius 3 is 2.62 bits per heavy atom. The van der Waals surface area contributed by atoms with Crippen LogP contribution in [0, 0.1) is 0 Å². The number of piperazine rings is 1. The number of benzene rings is 2. The van der Waals surface area contributed by atoms with Crippen LogP contribution in [-0.2, 0) is 16.0 Å². The first-order valence-corrected chi connectivity index (χ1v) is 9.97. The van der Waals surface area contributed by atoms with Gasteiger partial charge in [0.25, 0.3) is 0 Å². The van der Waals surface area contributed by atoms with Gasteiger partial charge in [-0.05, 0) is 24.1 Å². The van der Waals surface area contributed by atoms with Gasteiger partial charge in [0.2, 0.25) is 11.8 Å². The molecule has 5 rings (SSSR count). The monoisotopic (exact) mass is 389 g/mol. The number of fused-ring (bicyclic) bond motifs is 4. The highest BCUT2D eigenvalue weighted by Crippen LogP contribution is 2.39. The van der Waals surface area contributed by atoms with Crippen LogP contribution in [0.1, 0.15) is 35.9 Å². The van der Waals surface area contributed by atoms with Crippen LogP contribution in [0.15, 0.2) is 54.6 Å². The van der Waals surface area contributed by atoms with Crippen molar-refractivity contribution in [2.24, 2.45) is 0 Å². The average Bonchev–Trinajstić information content (AvgIpc) is 3.11. The largest absolute Gasteiger partial charge is 0.387 e. The summed E-state index contributed by atoms with van der Waals surface area (Å²) in [5, 5.41) is 11.7. The number of β-amino-alcohol motifs (C(OH)–C–C–N with tert-alkyl or cyclic N) is 1. The molecule has 1 saturated heterocycles. The van der Waals surface area contributed by atoms with E-state index in [4.69, 9.17) is 0 Å². The highest BCUT2D eigenvalue weighted by molar-refractivity contribution is 5.97. The summed E-state index contributed by atoms with van der Waals surface area (Å²) in [6.07, 6.45) is -0.323. The van der Waals surface area contributed by atoms with Gasteiger partial charge in [-0.3, -0.25) is 9.59 Å². The fourth-order valence-electron chi connectivity index (χ4n) is 4.77. The van der Waals surface area contributed by atoms with Crippen molar-refractivity contribution in [1.82, 2.24) is 14.8 Å². The maximum atomic E-state index is 13.3. The minimum Gasteiger partial charge on any atom is -0.387 e. The molecule has 29 heavy (non-hydrogen) atoms. The van der Waals surface area contributed by atoms with E-state index in [9.17, 15) is 14.7 Å². The Morgan fingerprint density at radius 2 is 1.83 bits per heavy atom. The SMILES string of the molecule is C[C@@H]1c2[nH]c3ccccc3c2C[C@H]2C(=O)N(C[C@H](O)c3ccccc3)CC(=O)N12. The van der Waals surface area contributed by atoms with Gasteiger partial charge in [0, 0.05) is 23.0 Å². The minimum atomic E-state index is -0.816. The third-order valence-electron chi connectivity index (χ3n) is 6.20. The minimum absolute atomic E-state index is 0.000864. The molecule has 0 radical (unpaired) electrons. The molecule has 1 fully saturated rings.